The van der Waals surface area contributed by atoms with Crippen molar-refractivity contribution in [1.82, 2.24) is 10.2 Å². The van der Waals surface area contributed by atoms with Gasteiger partial charge in [0.15, 0.2) is 0 Å². The zero-order chi connectivity index (χ0) is 15.8. The van der Waals surface area contributed by atoms with Crippen LogP contribution in [-0.2, 0) is 9.84 Å². The van der Waals surface area contributed by atoms with Crippen LogP contribution in [0, 0.1) is 11.3 Å². The van der Waals surface area contributed by atoms with Gasteiger partial charge in [-0.15, -0.1) is 0 Å². The summed E-state index contributed by atoms with van der Waals surface area (Å²) in [6.45, 7) is 12.5. The summed E-state index contributed by atoms with van der Waals surface area (Å²) in [6.07, 6.45) is 3.61. The van der Waals surface area contributed by atoms with Gasteiger partial charge < -0.3 is 10.2 Å². The molecular weight excluding hydrogens is 272 g/mol. The van der Waals surface area contributed by atoms with E-state index in [1.54, 1.807) is 0 Å². The van der Waals surface area contributed by atoms with Crippen LogP contribution in [0.25, 0.3) is 0 Å². The molecule has 0 radical (unpaired) electrons. The molecule has 1 N–H and O–H groups in total. The van der Waals surface area contributed by atoms with E-state index in [-0.39, 0.29) is 11.2 Å². The first-order chi connectivity index (χ1) is 9.08. The number of hydrogen-bond donors (Lipinski definition) is 1. The van der Waals surface area contributed by atoms with E-state index in [1.807, 2.05) is 7.05 Å². The summed E-state index contributed by atoms with van der Waals surface area (Å²) in [6, 6.07) is 0. The van der Waals surface area contributed by atoms with Crippen LogP contribution >= 0.6 is 0 Å². The maximum Gasteiger partial charge on any atom is 0.148 e. The van der Waals surface area contributed by atoms with Gasteiger partial charge in [-0.2, -0.15) is 0 Å². The third-order valence-corrected chi connectivity index (χ3v) is 4.38. The van der Waals surface area contributed by atoms with Crippen LogP contribution in [0.5, 0.6) is 0 Å². The third-order valence-electron chi connectivity index (χ3n) is 3.45. The number of hydrogen-bond acceptors (Lipinski definition) is 4. The fourth-order valence-electron chi connectivity index (χ4n) is 2.54. The molecule has 0 aliphatic carbocycles. The van der Waals surface area contributed by atoms with Crippen molar-refractivity contribution < 1.29 is 8.42 Å². The second-order valence-corrected chi connectivity index (χ2v) is 9.21. The summed E-state index contributed by atoms with van der Waals surface area (Å²) in [5.74, 6) is 0.898. The minimum atomic E-state index is -2.87. The average Bonchev–Trinajstić information content (AvgIpc) is 2.25. The first kappa shape index (κ1) is 19.9. The third kappa shape index (κ3) is 10.6. The molecule has 5 heteroatoms. The van der Waals surface area contributed by atoms with E-state index in [2.05, 4.69) is 37.9 Å². The van der Waals surface area contributed by atoms with E-state index in [1.165, 1.54) is 6.26 Å². The monoisotopic (exact) mass is 306 g/mol. The fraction of sp³-hybridized carbons (Fsp3) is 1.00. The lowest BCUT2D eigenvalue weighted by atomic mass is 9.84. The Hall–Kier alpha value is -0.130. The van der Waals surface area contributed by atoms with Crippen LogP contribution in [-0.4, -0.2) is 58.6 Å². The molecule has 0 saturated carbocycles. The highest BCUT2D eigenvalue weighted by Crippen LogP contribution is 2.23. The molecule has 20 heavy (non-hydrogen) atoms. The zero-order valence-corrected chi connectivity index (χ0v) is 15.0. The van der Waals surface area contributed by atoms with Crippen molar-refractivity contribution in [2.45, 2.75) is 40.5 Å². The Morgan fingerprint density at radius 2 is 1.90 bits per heavy atom. The summed E-state index contributed by atoms with van der Waals surface area (Å²) in [5.41, 5.74) is 0.204. The molecular formula is C15H34N2O2S. The Balaban J connectivity index is 4.34. The van der Waals surface area contributed by atoms with Crippen LogP contribution < -0.4 is 5.32 Å². The van der Waals surface area contributed by atoms with Gasteiger partial charge in [0.1, 0.15) is 9.84 Å². The predicted octanol–water partition coefficient (Wildman–Crippen LogP) is 2.01. The lowest BCUT2D eigenvalue weighted by Crippen LogP contribution is -2.43. The standard InChI is InChI=1S/C15H34N2O2S/c1-7-8-15(4,12-16-11-14(2)3)13-17(5)9-10-20(6,18)19/h14,16H,7-13H2,1-6H3. The zero-order valence-electron chi connectivity index (χ0n) is 14.2. The number of nitrogens with one attached hydrogen (secondary N) is 1. The van der Waals surface area contributed by atoms with Crippen LogP contribution in [0.1, 0.15) is 40.5 Å². The summed E-state index contributed by atoms with van der Waals surface area (Å²) in [7, 11) is -0.857. The molecule has 0 saturated heterocycles. The second-order valence-electron chi connectivity index (χ2n) is 6.95. The normalized spacial score (nSPS) is 15.8. The molecule has 4 nitrogen and oxygen atoms in total. The highest BCUT2D eigenvalue weighted by molar-refractivity contribution is 7.90. The molecule has 0 rings (SSSR count). The van der Waals surface area contributed by atoms with Crippen molar-refractivity contribution in [2.75, 3.05) is 45.2 Å². The summed E-state index contributed by atoms with van der Waals surface area (Å²) in [4.78, 5) is 2.15. The Morgan fingerprint density at radius 3 is 2.35 bits per heavy atom. The smallest absolute Gasteiger partial charge is 0.148 e. The van der Waals surface area contributed by atoms with Crippen molar-refractivity contribution in [3.8, 4) is 0 Å². The van der Waals surface area contributed by atoms with Crippen LogP contribution in [0.3, 0.4) is 0 Å². The highest BCUT2D eigenvalue weighted by Gasteiger charge is 2.25. The Morgan fingerprint density at radius 1 is 1.30 bits per heavy atom. The van der Waals surface area contributed by atoms with Gasteiger partial charge in [-0.1, -0.05) is 34.1 Å². The van der Waals surface area contributed by atoms with Gasteiger partial charge >= 0.3 is 0 Å². The largest absolute Gasteiger partial charge is 0.316 e. The van der Waals surface area contributed by atoms with Crippen molar-refractivity contribution in [1.29, 1.82) is 0 Å². The van der Waals surface area contributed by atoms with Gasteiger partial charge in [0.25, 0.3) is 0 Å². The lowest BCUT2D eigenvalue weighted by Gasteiger charge is -2.34. The topological polar surface area (TPSA) is 49.4 Å². The van der Waals surface area contributed by atoms with E-state index in [0.717, 1.165) is 32.5 Å². The molecule has 0 fully saturated rings. The number of rotatable bonds is 11. The van der Waals surface area contributed by atoms with Crippen LogP contribution in [0.4, 0.5) is 0 Å². The van der Waals surface area contributed by atoms with Crippen LogP contribution in [0.2, 0.25) is 0 Å². The Labute approximate surface area is 126 Å². The fourth-order valence-corrected chi connectivity index (χ4v) is 3.19. The first-order valence-electron chi connectivity index (χ1n) is 7.65. The molecule has 0 bridgehead atoms. The van der Waals surface area contributed by atoms with Gasteiger partial charge in [-0.25, -0.2) is 8.42 Å². The van der Waals surface area contributed by atoms with Crippen molar-refractivity contribution in [3.05, 3.63) is 0 Å². The van der Waals surface area contributed by atoms with E-state index >= 15 is 0 Å². The van der Waals surface area contributed by atoms with E-state index in [9.17, 15) is 8.42 Å². The van der Waals surface area contributed by atoms with Crippen molar-refractivity contribution in [3.63, 3.8) is 0 Å². The number of nitrogens with zero attached hydrogens (tertiary/aromatic N) is 1. The molecule has 0 aliphatic rings. The first-order valence-corrected chi connectivity index (χ1v) is 9.71. The average molecular weight is 307 g/mol. The Kier molecular flexibility index (Phi) is 8.95. The minimum Gasteiger partial charge on any atom is -0.316 e. The van der Waals surface area contributed by atoms with E-state index in [4.69, 9.17) is 0 Å². The van der Waals surface area contributed by atoms with Crippen LogP contribution in [0.15, 0.2) is 0 Å². The molecule has 0 amide bonds. The summed E-state index contributed by atoms with van der Waals surface area (Å²) >= 11 is 0. The van der Waals surface area contributed by atoms with Gasteiger partial charge in [0, 0.05) is 25.9 Å². The molecule has 122 valence electrons. The maximum absolute atomic E-state index is 11.2. The minimum absolute atomic E-state index is 0.204. The Bertz CT molecular complexity index is 355. The molecule has 0 heterocycles. The van der Waals surface area contributed by atoms with Gasteiger partial charge in [0.2, 0.25) is 0 Å². The van der Waals surface area contributed by atoms with E-state index in [0.29, 0.717) is 12.5 Å². The molecule has 0 aliphatic heterocycles. The molecule has 0 aromatic rings. The molecule has 0 aromatic carbocycles. The lowest BCUT2D eigenvalue weighted by molar-refractivity contribution is 0.177. The quantitative estimate of drug-likeness (QED) is 0.634. The molecule has 1 unspecified atom stereocenters. The second kappa shape index (κ2) is 9.00. The molecule has 0 aromatic heterocycles. The number of sulfone groups is 1. The maximum atomic E-state index is 11.2. The predicted molar refractivity (Wildman–Crippen MR) is 87.9 cm³/mol. The highest BCUT2D eigenvalue weighted by atomic mass is 32.2. The van der Waals surface area contributed by atoms with E-state index < -0.39 is 9.84 Å². The SMILES string of the molecule is CCCC(C)(CNCC(C)C)CN(C)CCS(C)(=O)=O. The van der Waals surface area contributed by atoms with Gasteiger partial charge in [0.05, 0.1) is 5.75 Å². The summed E-state index contributed by atoms with van der Waals surface area (Å²) in [5, 5.41) is 3.54. The summed E-state index contributed by atoms with van der Waals surface area (Å²) < 4.78 is 22.5. The van der Waals surface area contributed by atoms with Gasteiger partial charge in [-0.3, -0.25) is 0 Å². The molecule has 1 atom stereocenters. The van der Waals surface area contributed by atoms with Gasteiger partial charge in [-0.05, 0) is 31.3 Å². The van der Waals surface area contributed by atoms with Crippen molar-refractivity contribution in [2.24, 2.45) is 11.3 Å². The van der Waals surface area contributed by atoms with Crippen molar-refractivity contribution >= 4 is 9.84 Å². The molecule has 0 spiro atoms.